The molecule has 4 atom stereocenters. The first-order valence-electron chi connectivity index (χ1n) is 11.8. The number of halogens is 2. The van der Waals surface area contributed by atoms with Gasteiger partial charge in [-0.05, 0) is 55.2 Å². The maximum atomic E-state index is 10.3. The van der Waals surface area contributed by atoms with E-state index in [0.29, 0.717) is 43.9 Å². The van der Waals surface area contributed by atoms with E-state index < -0.39 is 11.7 Å². The van der Waals surface area contributed by atoms with Gasteiger partial charge < -0.3 is 30.3 Å². The summed E-state index contributed by atoms with van der Waals surface area (Å²) < 4.78 is 11.5. The number of piperidine rings is 2. The van der Waals surface area contributed by atoms with Crippen LogP contribution in [-0.4, -0.2) is 90.8 Å². The Morgan fingerprint density at radius 1 is 1.06 bits per heavy atom. The number of aliphatic hydroxyl groups excluding tert-OH is 1. The molecule has 0 amide bonds. The topological polar surface area (TPSA) is 91.4 Å². The number of nitrogens with zero attached hydrogens (tertiary/aromatic N) is 2. The summed E-state index contributed by atoms with van der Waals surface area (Å²) >= 11 is 0. The Morgan fingerprint density at radius 3 is 2.21 bits per heavy atom. The molecule has 2 unspecified atom stereocenters. The minimum absolute atomic E-state index is 0. The molecule has 7 nitrogen and oxygen atoms in total. The first-order chi connectivity index (χ1) is 15.0. The molecule has 3 aliphatic rings. The maximum absolute atomic E-state index is 10.3. The summed E-state index contributed by atoms with van der Waals surface area (Å²) in [6.07, 6.45) is 3.79. The van der Waals surface area contributed by atoms with E-state index in [1.165, 1.54) is 18.4 Å². The Labute approximate surface area is 210 Å². The molecule has 0 radical (unpaired) electrons. The molecule has 2 bridgehead atoms. The Hall–Kier alpha value is -0.640. The molecule has 1 aromatic carbocycles. The normalized spacial score (nSPS) is 27.9. The van der Waals surface area contributed by atoms with Crippen molar-refractivity contribution in [2.75, 3.05) is 53.0 Å². The molecule has 1 aliphatic carbocycles. The largest absolute Gasteiger partial charge is 0.491 e. The van der Waals surface area contributed by atoms with Crippen molar-refractivity contribution in [2.24, 2.45) is 17.6 Å². The molecule has 2 aliphatic heterocycles. The molecule has 0 spiro atoms. The zero-order valence-electron chi connectivity index (χ0n) is 19.6. The highest BCUT2D eigenvalue weighted by molar-refractivity contribution is 5.85. The molecule has 4 N–H and O–H groups in total. The molecule has 3 fully saturated rings. The fourth-order valence-electron chi connectivity index (χ4n) is 5.63. The number of β-amino-alcohol motifs (C(OH)–C–C–N with tert-alkyl or cyclic N) is 1. The van der Waals surface area contributed by atoms with E-state index in [0.717, 1.165) is 38.5 Å². The van der Waals surface area contributed by atoms with Gasteiger partial charge in [0.2, 0.25) is 0 Å². The van der Waals surface area contributed by atoms with Crippen molar-refractivity contribution in [3.63, 3.8) is 0 Å². The Balaban J connectivity index is 0.00000193. The minimum atomic E-state index is -0.737. The monoisotopic (exact) mass is 505 g/mol. The predicted octanol–water partition coefficient (Wildman–Crippen LogP) is 1.91. The number of benzene rings is 1. The van der Waals surface area contributed by atoms with Gasteiger partial charge >= 0.3 is 0 Å². The molecule has 1 aromatic rings. The van der Waals surface area contributed by atoms with Crippen LogP contribution >= 0.6 is 24.8 Å². The fourth-order valence-corrected chi connectivity index (χ4v) is 5.63. The summed E-state index contributed by atoms with van der Waals surface area (Å²) in [6.45, 7) is 5.85. The lowest BCUT2D eigenvalue weighted by Crippen LogP contribution is -2.50. The van der Waals surface area contributed by atoms with Crippen LogP contribution < -0.4 is 10.5 Å². The van der Waals surface area contributed by atoms with Crippen LogP contribution in [0.2, 0.25) is 0 Å². The van der Waals surface area contributed by atoms with Gasteiger partial charge in [0.25, 0.3) is 0 Å². The van der Waals surface area contributed by atoms with Crippen LogP contribution in [0.1, 0.15) is 31.2 Å². The van der Waals surface area contributed by atoms with Gasteiger partial charge in [0, 0.05) is 52.9 Å². The Bertz CT molecular complexity index is 689. The van der Waals surface area contributed by atoms with Gasteiger partial charge in [-0.1, -0.05) is 12.1 Å². The summed E-state index contributed by atoms with van der Waals surface area (Å²) in [5.74, 6) is 2.14. The molecule has 33 heavy (non-hydrogen) atoms. The van der Waals surface area contributed by atoms with Crippen molar-refractivity contribution in [3.8, 4) is 5.75 Å². The van der Waals surface area contributed by atoms with Crippen LogP contribution in [0.5, 0.6) is 5.75 Å². The van der Waals surface area contributed by atoms with E-state index in [1.807, 2.05) is 19.2 Å². The number of hydrogen-bond acceptors (Lipinski definition) is 7. The van der Waals surface area contributed by atoms with Gasteiger partial charge in [-0.25, -0.2) is 0 Å². The van der Waals surface area contributed by atoms with E-state index >= 15 is 0 Å². The van der Waals surface area contributed by atoms with Crippen LogP contribution in [0, 0.1) is 11.8 Å². The summed E-state index contributed by atoms with van der Waals surface area (Å²) in [5, 5.41) is 20.6. The minimum Gasteiger partial charge on any atom is -0.491 e. The lowest BCUT2D eigenvalue weighted by Gasteiger charge is -2.38. The van der Waals surface area contributed by atoms with E-state index in [1.54, 1.807) is 0 Å². The number of ether oxygens (including phenoxy) is 2. The van der Waals surface area contributed by atoms with Crippen molar-refractivity contribution in [3.05, 3.63) is 29.8 Å². The lowest BCUT2D eigenvalue weighted by molar-refractivity contribution is -0.0265. The first kappa shape index (κ1) is 28.6. The summed E-state index contributed by atoms with van der Waals surface area (Å²) in [4.78, 5) is 4.73. The van der Waals surface area contributed by atoms with Crippen LogP contribution in [0.4, 0.5) is 0 Å². The standard InChI is InChI=1S/C24H39N3O4.2ClH/c1-30-23-19-4-5-20(23)14-27(13-19)12-18-2-6-22(7-3-18)31-16-21(28)15-26-10-8-24(29,17-25)9-11-26;;/h2-3,6-7,19-21,23,28-29H,4-5,8-17,25H2,1H3;2*1H/t19-,20+,21?,23?;;. The highest BCUT2D eigenvalue weighted by atomic mass is 35.5. The lowest BCUT2D eigenvalue weighted by atomic mass is 9.91. The second kappa shape index (κ2) is 12.9. The van der Waals surface area contributed by atoms with Crippen LogP contribution in [0.3, 0.4) is 0 Å². The Morgan fingerprint density at radius 2 is 1.67 bits per heavy atom. The third kappa shape index (κ3) is 7.42. The van der Waals surface area contributed by atoms with E-state index in [2.05, 4.69) is 21.9 Å². The van der Waals surface area contributed by atoms with Crippen molar-refractivity contribution in [2.45, 2.75) is 50.0 Å². The maximum Gasteiger partial charge on any atom is 0.119 e. The molecule has 2 saturated heterocycles. The van der Waals surface area contributed by atoms with Gasteiger partial charge in [-0.2, -0.15) is 0 Å². The molecule has 0 aromatic heterocycles. The molecule has 4 rings (SSSR count). The number of hydrogen-bond donors (Lipinski definition) is 3. The smallest absolute Gasteiger partial charge is 0.119 e. The van der Waals surface area contributed by atoms with Crippen molar-refractivity contribution >= 4 is 24.8 Å². The average molecular weight is 507 g/mol. The van der Waals surface area contributed by atoms with Crippen LogP contribution in [0.25, 0.3) is 0 Å². The SMILES string of the molecule is COC1[C@@H]2CC[C@H]1CN(Cc1ccc(OCC(O)CN3CCC(O)(CN)CC3)cc1)C2.Cl.Cl. The zero-order valence-corrected chi connectivity index (χ0v) is 21.2. The van der Waals surface area contributed by atoms with Gasteiger partial charge in [0.05, 0.1) is 11.7 Å². The average Bonchev–Trinajstić information content (AvgIpc) is 3.04. The van der Waals surface area contributed by atoms with Crippen LogP contribution in [0.15, 0.2) is 24.3 Å². The second-order valence-electron chi connectivity index (χ2n) is 9.83. The summed E-state index contributed by atoms with van der Waals surface area (Å²) in [6, 6.07) is 8.26. The van der Waals surface area contributed by atoms with Crippen LogP contribution in [-0.2, 0) is 11.3 Å². The molecule has 2 heterocycles. The molecule has 1 saturated carbocycles. The number of fused-ring (bicyclic) bond motifs is 2. The number of aliphatic hydroxyl groups is 2. The third-order valence-corrected chi connectivity index (χ3v) is 7.50. The van der Waals surface area contributed by atoms with Gasteiger partial charge in [-0.15, -0.1) is 24.8 Å². The van der Waals surface area contributed by atoms with Gasteiger partial charge in [0.1, 0.15) is 18.5 Å². The van der Waals surface area contributed by atoms with Crippen molar-refractivity contribution < 1.29 is 19.7 Å². The van der Waals surface area contributed by atoms with Gasteiger partial charge in [-0.3, -0.25) is 4.90 Å². The fraction of sp³-hybridized carbons (Fsp3) is 0.750. The predicted molar refractivity (Wildman–Crippen MR) is 134 cm³/mol. The van der Waals surface area contributed by atoms with E-state index in [-0.39, 0.29) is 31.4 Å². The number of likely N-dealkylation sites (tertiary alicyclic amines) is 2. The zero-order chi connectivity index (χ0) is 21.8. The van der Waals surface area contributed by atoms with E-state index in [4.69, 9.17) is 15.2 Å². The first-order valence-corrected chi connectivity index (χ1v) is 11.8. The highest BCUT2D eigenvalue weighted by Gasteiger charge is 2.42. The number of rotatable bonds is 9. The molecule has 190 valence electrons. The quantitative estimate of drug-likeness (QED) is 0.472. The number of nitrogens with two attached hydrogens (primary N) is 1. The second-order valence-corrected chi connectivity index (χ2v) is 9.83. The van der Waals surface area contributed by atoms with E-state index in [9.17, 15) is 10.2 Å². The molecule has 9 heteroatoms. The summed E-state index contributed by atoms with van der Waals surface area (Å²) in [5.41, 5.74) is 6.20. The highest BCUT2D eigenvalue weighted by Crippen LogP contribution is 2.39. The third-order valence-electron chi connectivity index (χ3n) is 7.50. The molecular weight excluding hydrogens is 465 g/mol. The number of methoxy groups -OCH3 is 1. The summed E-state index contributed by atoms with van der Waals surface area (Å²) in [7, 11) is 1.86. The van der Waals surface area contributed by atoms with Gasteiger partial charge in [0.15, 0.2) is 0 Å². The Kier molecular flexibility index (Phi) is 11.2. The van der Waals surface area contributed by atoms with Crippen molar-refractivity contribution in [1.29, 1.82) is 0 Å². The molecular formula is C24H41Cl2N3O4. The van der Waals surface area contributed by atoms with Crippen molar-refractivity contribution in [1.82, 2.24) is 9.80 Å².